The highest BCUT2D eigenvalue weighted by Gasteiger charge is 2.27. The molecule has 3 aromatic rings. The number of nitrogens with zero attached hydrogens (tertiary/aromatic N) is 2. The second-order valence-electron chi connectivity index (χ2n) is 8.02. The van der Waals surface area contributed by atoms with E-state index in [4.69, 9.17) is 0 Å². The lowest BCUT2D eigenvalue weighted by Gasteiger charge is -2.16. The first kappa shape index (κ1) is 20.9. The molecule has 2 aromatic heterocycles. The van der Waals surface area contributed by atoms with E-state index in [-0.39, 0.29) is 18.3 Å². The standard InChI is InChI=1S/C24H25FN4O2/c1-14-3-6-20(25)17(9-14)22-10-23(18(13-27-22)16-4-5-16)29-21-7-8-26-12-19(21)24(31)28-11-15(2)30/h3,6-10,12-13,15-16,30H,4-5,11H2,1-2H3,(H,28,31)(H,26,27,29)/t15-/m0/s1. The number of aliphatic hydroxyl groups excluding tert-OH is 1. The van der Waals surface area contributed by atoms with Crippen LogP contribution in [0.3, 0.4) is 0 Å². The Morgan fingerprint density at radius 3 is 2.77 bits per heavy atom. The summed E-state index contributed by atoms with van der Waals surface area (Å²) in [6, 6.07) is 8.51. The molecule has 1 amide bonds. The molecule has 1 fully saturated rings. The van der Waals surface area contributed by atoms with Crippen LogP contribution in [0.4, 0.5) is 15.8 Å². The highest BCUT2D eigenvalue weighted by molar-refractivity contribution is 6.00. The summed E-state index contributed by atoms with van der Waals surface area (Å²) >= 11 is 0. The molecule has 3 N–H and O–H groups in total. The summed E-state index contributed by atoms with van der Waals surface area (Å²) in [5, 5.41) is 15.5. The van der Waals surface area contributed by atoms with Crippen LogP contribution in [0.15, 0.2) is 48.9 Å². The largest absolute Gasteiger partial charge is 0.392 e. The molecule has 1 aliphatic rings. The molecule has 0 unspecified atom stereocenters. The van der Waals surface area contributed by atoms with Gasteiger partial charge in [-0.3, -0.25) is 14.8 Å². The molecule has 1 saturated carbocycles. The average molecular weight is 420 g/mol. The van der Waals surface area contributed by atoms with Crippen LogP contribution in [-0.2, 0) is 0 Å². The molecule has 31 heavy (non-hydrogen) atoms. The van der Waals surface area contributed by atoms with E-state index in [9.17, 15) is 14.3 Å². The number of carbonyl (C=O) groups is 1. The Morgan fingerprint density at radius 2 is 2.03 bits per heavy atom. The van der Waals surface area contributed by atoms with Crippen molar-refractivity contribution in [3.63, 3.8) is 0 Å². The van der Waals surface area contributed by atoms with E-state index in [1.54, 1.807) is 37.5 Å². The van der Waals surface area contributed by atoms with Gasteiger partial charge in [-0.05, 0) is 62.4 Å². The van der Waals surface area contributed by atoms with Gasteiger partial charge in [0.25, 0.3) is 5.91 Å². The number of amides is 1. The second kappa shape index (κ2) is 8.81. The van der Waals surface area contributed by atoms with Crippen molar-refractivity contribution in [3.8, 4) is 11.3 Å². The molecule has 0 bridgehead atoms. The Morgan fingerprint density at radius 1 is 1.23 bits per heavy atom. The van der Waals surface area contributed by atoms with Crippen LogP contribution in [-0.4, -0.2) is 33.6 Å². The normalized spacial score (nSPS) is 14.2. The lowest BCUT2D eigenvalue weighted by Crippen LogP contribution is -2.31. The minimum absolute atomic E-state index is 0.145. The number of rotatable bonds is 7. The summed E-state index contributed by atoms with van der Waals surface area (Å²) in [6.07, 6.45) is 6.39. The van der Waals surface area contributed by atoms with Gasteiger partial charge in [0.2, 0.25) is 0 Å². The van der Waals surface area contributed by atoms with Crippen LogP contribution in [0.1, 0.15) is 47.2 Å². The zero-order valence-electron chi connectivity index (χ0n) is 17.5. The third-order valence-electron chi connectivity index (χ3n) is 5.24. The quantitative estimate of drug-likeness (QED) is 0.530. The van der Waals surface area contributed by atoms with Crippen molar-refractivity contribution >= 4 is 17.3 Å². The minimum Gasteiger partial charge on any atom is -0.392 e. The smallest absolute Gasteiger partial charge is 0.255 e. The monoisotopic (exact) mass is 420 g/mol. The fraction of sp³-hybridized carbons (Fsp3) is 0.292. The predicted molar refractivity (Wildman–Crippen MR) is 118 cm³/mol. The van der Waals surface area contributed by atoms with Crippen molar-refractivity contribution in [2.75, 3.05) is 11.9 Å². The number of aryl methyl sites for hydroxylation is 1. The van der Waals surface area contributed by atoms with Crippen molar-refractivity contribution in [2.24, 2.45) is 0 Å². The molecular weight excluding hydrogens is 395 g/mol. The zero-order valence-corrected chi connectivity index (χ0v) is 17.5. The fourth-order valence-electron chi connectivity index (χ4n) is 3.44. The molecule has 0 spiro atoms. The molecule has 1 atom stereocenters. The maximum absolute atomic E-state index is 14.5. The first-order valence-corrected chi connectivity index (χ1v) is 10.4. The lowest BCUT2D eigenvalue weighted by molar-refractivity contribution is 0.0924. The van der Waals surface area contributed by atoms with Gasteiger partial charge in [0.05, 0.1) is 23.0 Å². The predicted octanol–water partition coefficient (Wildman–Crippen LogP) is 4.32. The van der Waals surface area contributed by atoms with Gasteiger partial charge in [0.15, 0.2) is 0 Å². The van der Waals surface area contributed by atoms with E-state index in [1.807, 2.05) is 13.0 Å². The van der Waals surface area contributed by atoms with E-state index in [1.165, 1.54) is 12.3 Å². The van der Waals surface area contributed by atoms with Gasteiger partial charge in [-0.1, -0.05) is 11.6 Å². The van der Waals surface area contributed by atoms with Gasteiger partial charge in [-0.2, -0.15) is 0 Å². The van der Waals surface area contributed by atoms with E-state index in [2.05, 4.69) is 20.6 Å². The van der Waals surface area contributed by atoms with Gasteiger partial charge in [-0.15, -0.1) is 0 Å². The Kier molecular flexibility index (Phi) is 5.95. The Labute approximate surface area is 180 Å². The molecule has 1 aliphatic carbocycles. The number of aromatic nitrogens is 2. The van der Waals surface area contributed by atoms with Gasteiger partial charge < -0.3 is 15.7 Å². The number of pyridine rings is 2. The van der Waals surface area contributed by atoms with Crippen LogP contribution >= 0.6 is 0 Å². The number of anilines is 2. The van der Waals surface area contributed by atoms with Gasteiger partial charge >= 0.3 is 0 Å². The van der Waals surface area contributed by atoms with Crippen LogP contribution in [0.5, 0.6) is 0 Å². The van der Waals surface area contributed by atoms with Crippen LogP contribution in [0.2, 0.25) is 0 Å². The summed E-state index contributed by atoms with van der Waals surface area (Å²) in [4.78, 5) is 21.2. The molecule has 0 saturated heterocycles. The van der Waals surface area contributed by atoms with E-state index < -0.39 is 6.10 Å². The number of halogens is 1. The third-order valence-corrected chi connectivity index (χ3v) is 5.24. The fourth-order valence-corrected chi connectivity index (χ4v) is 3.44. The summed E-state index contributed by atoms with van der Waals surface area (Å²) in [5.74, 6) is -0.255. The summed E-state index contributed by atoms with van der Waals surface area (Å²) in [5.41, 5.74) is 4.71. The third kappa shape index (κ3) is 4.88. The first-order valence-electron chi connectivity index (χ1n) is 10.4. The summed E-state index contributed by atoms with van der Waals surface area (Å²) in [7, 11) is 0. The number of hydrogen-bond acceptors (Lipinski definition) is 5. The van der Waals surface area contributed by atoms with E-state index >= 15 is 0 Å². The van der Waals surface area contributed by atoms with Gasteiger partial charge in [0, 0.05) is 36.4 Å². The molecule has 2 heterocycles. The topological polar surface area (TPSA) is 87.1 Å². The number of benzene rings is 1. The Bertz CT molecular complexity index is 1110. The van der Waals surface area contributed by atoms with Crippen molar-refractivity contribution in [1.29, 1.82) is 0 Å². The molecule has 1 aromatic carbocycles. The molecule has 7 heteroatoms. The maximum atomic E-state index is 14.5. The molecular formula is C24H25FN4O2. The van der Waals surface area contributed by atoms with Gasteiger partial charge in [0.1, 0.15) is 5.82 Å². The minimum atomic E-state index is -0.648. The van der Waals surface area contributed by atoms with Crippen molar-refractivity contribution in [2.45, 2.75) is 38.7 Å². The van der Waals surface area contributed by atoms with E-state index in [0.29, 0.717) is 28.4 Å². The molecule has 0 radical (unpaired) electrons. The number of aliphatic hydroxyl groups is 1. The summed E-state index contributed by atoms with van der Waals surface area (Å²) < 4.78 is 14.5. The van der Waals surface area contributed by atoms with Crippen LogP contribution in [0, 0.1) is 12.7 Å². The molecule has 160 valence electrons. The SMILES string of the molecule is Cc1ccc(F)c(-c2cc(Nc3ccncc3C(=O)NC[C@H](C)O)c(C3CC3)cn2)c1. The molecule has 0 aliphatic heterocycles. The number of carbonyl (C=O) groups excluding carboxylic acids is 1. The molecule has 6 nitrogen and oxygen atoms in total. The van der Waals surface area contributed by atoms with E-state index in [0.717, 1.165) is 29.7 Å². The highest BCUT2D eigenvalue weighted by atomic mass is 19.1. The Balaban J connectivity index is 1.70. The number of hydrogen-bond donors (Lipinski definition) is 3. The van der Waals surface area contributed by atoms with Crippen LogP contribution in [0.25, 0.3) is 11.3 Å². The number of nitrogens with one attached hydrogen (secondary N) is 2. The lowest BCUT2D eigenvalue weighted by atomic mass is 10.0. The van der Waals surface area contributed by atoms with Crippen molar-refractivity contribution in [3.05, 3.63) is 71.4 Å². The summed E-state index contributed by atoms with van der Waals surface area (Å²) in [6.45, 7) is 3.66. The van der Waals surface area contributed by atoms with Crippen molar-refractivity contribution in [1.82, 2.24) is 15.3 Å². The van der Waals surface area contributed by atoms with Crippen LogP contribution < -0.4 is 10.6 Å². The zero-order chi connectivity index (χ0) is 22.0. The first-order chi connectivity index (χ1) is 14.9. The van der Waals surface area contributed by atoms with Crippen molar-refractivity contribution < 1.29 is 14.3 Å². The van der Waals surface area contributed by atoms with Gasteiger partial charge in [-0.25, -0.2) is 4.39 Å². The Hall–Kier alpha value is -3.32. The molecule has 4 rings (SSSR count). The average Bonchev–Trinajstić information content (AvgIpc) is 3.59. The maximum Gasteiger partial charge on any atom is 0.255 e. The highest BCUT2D eigenvalue weighted by Crippen LogP contribution is 2.44. The second-order valence-corrected chi connectivity index (χ2v) is 8.02.